The van der Waals surface area contributed by atoms with Crippen molar-refractivity contribution in [2.75, 3.05) is 7.05 Å². The molecule has 1 aromatic carbocycles. The van der Waals surface area contributed by atoms with Crippen LogP contribution in [0.3, 0.4) is 0 Å². The lowest BCUT2D eigenvalue weighted by Crippen LogP contribution is -2.46. The van der Waals surface area contributed by atoms with Gasteiger partial charge in [-0.1, -0.05) is 30.3 Å². The van der Waals surface area contributed by atoms with Gasteiger partial charge in [-0.05, 0) is 52.2 Å². The third-order valence-corrected chi connectivity index (χ3v) is 4.87. The summed E-state index contributed by atoms with van der Waals surface area (Å²) in [5.41, 5.74) is 2.01. The molecule has 0 aromatic heterocycles. The fraction of sp³-hybridized carbons (Fsp3) is 0.176. The number of hydrogen-bond acceptors (Lipinski definition) is 2. The number of ketones is 1. The third kappa shape index (κ3) is 1.86. The maximum atomic E-state index is 12.5. The number of nitrogens with zero attached hydrogens (tertiary/aromatic N) is 1. The minimum Gasteiger partial charge on any atom is -0.324 e. The van der Waals surface area contributed by atoms with Gasteiger partial charge in [-0.3, -0.25) is 9.59 Å². The van der Waals surface area contributed by atoms with Crippen LogP contribution in [-0.4, -0.2) is 29.2 Å². The third-order valence-electron chi connectivity index (χ3n) is 4.13. The highest BCUT2D eigenvalue weighted by Crippen LogP contribution is 2.49. The first kappa shape index (κ1) is 14.0. The number of carbonyl (C=O) groups is 2. The normalized spacial score (nSPS) is 25.1. The summed E-state index contributed by atoms with van der Waals surface area (Å²) >= 11 is 3.44. The van der Waals surface area contributed by atoms with E-state index in [0.29, 0.717) is 4.48 Å². The zero-order valence-corrected chi connectivity index (χ0v) is 13.3. The minimum atomic E-state index is -0.689. The Morgan fingerprint density at radius 3 is 2.43 bits per heavy atom. The van der Waals surface area contributed by atoms with Crippen molar-refractivity contribution in [2.24, 2.45) is 0 Å². The van der Waals surface area contributed by atoms with Crippen LogP contribution in [0.4, 0.5) is 0 Å². The van der Waals surface area contributed by atoms with E-state index in [2.05, 4.69) is 15.9 Å². The molecule has 1 heterocycles. The maximum Gasteiger partial charge on any atom is 0.262 e. The number of rotatable bonds is 1. The number of halogens is 1. The Kier molecular flexibility index (Phi) is 3.21. The van der Waals surface area contributed by atoms with Gasteiger partial charge in [0.2, 0.25) is 0 Å². The maximum absolute atomic E-state index is 12.5. The SMILES string of the molecule is CC1=CC(=O)C=CC12C(c1ccccc1)=C(Br)C(=O)N2C. The minimum absolute atomic E-state index is 0.0468. The van der Waals surface area contributed by atoms with Crippen LogP contribution in [0.1, 0.15) is 12.5 Å². The average molecular weight is 344 g/mol. The van der Waals surface area contributed by atoms with Gasteiger partial charge >= 0.3 is 0 Å². The van der Waals surface area contributed by atoms with Gasteiger partial charge in [0, 0.05) is 12.6 Å². The standard InChI is InChI=1S/C17H14BrNO2/c1-11-10-13(20)8-9-17(11)14(12-6-4-3-5-7-12)15(18)16(21)19(17)2/h3-10H,1-2H3. The van der Waals surface area contributed by atoms with E-state index in [9.17, 15) is 9.59 Å². The summed E-state index contributed by atoms with van der Waals surface area (Å²) in [7, 11) is 1.76. The Hall–Kier alpha value is -1.94. The van der Waals surface area contributed by atoms with Crippen LogP contribution >= 0.6 is 15.9 Å². The number of likely N-dealkylation sites (N-methyl/N-ethyl adjacent to an activating group) is 1. The molecule has 4 heteroatoms. The second-order valence-electron chi connectivity index (χ2n) is 5.25. The van der Waals surface area contributed by atoms with Crippen molar-refractivity contribution >= 4 is 33.2 Å². The summed E-state index contributed by atoms with van der Waals surface area (Å²) in [6.07, 6.45) is 4.95. The molecular weight excluding hydrogens is 330 g/mol. The second-order valence-corrected chi connectivity index (χ2v) is 6.04. The molecule has 0 bridgehead atoms. The van der Waals surface area contributed by atoms with E-state index < -0.39 is 5.54 Å². The van der Waals surface area contributed by atoms with E-state index in [-0.39, 0.29) is 11.7 Å². The molecule has 1 unspecified atom stereocenters. The van der Waals surface area contributed by atoms with Gasteiger partial charge in [-0.25, -0.2) is 0 Å². The molecule has 0 N–H and O–H groups in total. The Bertz CT molecular complexity index is 730. The van der Waals surface area contributed by atoms with Crippen molar-refractivity contribution in [1.82, 2.24) is 4.90 Å². The van der Waals surface area contributed by atoms with Gasteiger partial charge in [0.15, 0.2) is 5.78 Å². The van der Waals surface area contributed by atoms with E-state index >= 15 is 0 Å². The summed E-state index contributed by atoms with van der Waals surface area (Å²) in [6, 6.07) is 9.77. The average Bonchev–Trinajstić information content (AvgIpc) is 2.67. The quantitative estimate of drug-likeness (QED) is 0.785. The summed E-state index contributed by atoms with van der Waals surface area (Å²) in [6.45, 7) is 1.89. The van der Waals surface area contributed by atoms with Crippen molar-refractivity contribution in [1.29, 1.82) is 0 Å². The summed E-state index contributed by atoms with van der Waals surface area (Å²) in [5.74, 6) is -0.130. The van der Waals surface area contributed by atoms with Gasteiger partial charge in [0.25, 0.3) is 5.91 Å². The van der Waals surface area contributed by atoms with Gasteiger partial charge in [0.1, 0.15) is 5.54 Å². The molecule has 0 saturated carbocycles. The Morgan fingerprint density at radius 2 is 1.81 bits per heavy atom. The van der Waals surface area contributed by atoms with Crippen molar-refractivity contribution in [2.45, 2.75) is 12.5 Å². The molecule has 0 saturated heterocycles. The van der Waals surface area contributed by atoms with Crippen molar-refractivity contribution in [3.63, 3.8) is 0 Å². The Morgan fingerprint density at radius 1 is 1.14 bits per heavy atom. The van der Waals surface area contributed by atoms with Crippen LogP contribution in [0.25, 0.3) is 5.57 Å². The zero-order valence-electron chi connectivity index (χ0n) is 11.8. The first-order chi connectivity index (χ1) is 9.98. The number of benzene rings is 1. The lowest BCUT2D eigenvalue weighted by Gasteiger charge is -2.38. The van der Waals surface area contributed by atoms with E-state index in [4.69, 9.17) is 0 Å². The molecule has 1 atom stereocenters. The molecule has 1 amide bonds. The summed E-state index contributed by atoms with van der Waals surface area (Å²) in [4.78, 5) is 25.8. The predicted octanol–water partition coefficient (Wildman–Crippen LogP) is 3.09. The van der Waals surface area contributed by atoms with Gasteiger partial charge in [-0.2, -0.15) is 0 Å². The summed E-state index contributed by atoms with van der Waals surface area (Å²) < 4.78 is 0.544. The highest BCUT2D eigenvalue weighted by Gasteiger charge is 2.50. The molecule has 0 radical (unpaired) electrons. The van der Waals surface area contributed by atoms with E-state index in [1.165, 1.54) is 6.08 Å². The monoisotopic (exact) mass is 343 g/mol. The lowest BCUT2D eigenvalue weighted by molar-refractivity contribution is -0.125. The van der Waals surface area contributed by atoms with Crippen molar-refractivity contribution in [3.8, 4) is 0 Å². The number of amides is 1. The molecule has 1 aromatic rings. The molecule has 21 heavy (non-hydrogen) atoms. The predicted molar refractivity (Wildman–Crippen MR) is 85.7 cm³/mol. The number of allylic oxidation sites excluding steroid dienone is 2. The Labute approximate surface area is 131 Å². The molecule has 0 fully saturated rings. The van der Waals surface area contributed by atoms with Gasteiger partial charge in [0.05, 0.1) is 4.48 Å². The topological polar surface area (TPSA) is 37.4 Å². The van der Waals surface area contributed by atoms with E-state index in [1.807, 2.05) is 43.3 Å². The fourth-order valence-corrected chi connectivity index (χ4v) is 3.86. The van der Waals surface area contributed by atoms with Crippen molar-refractivity contribution < 1.29 is 9.59 Å². The largest absolute Gasteiger partial charge is 0.324 e. The van der Waals surface area contributed by atoms with E-state index in [0.717, 1.165) is 16.7 Å². The molecule has 3 rings (SSSR count). The lowest BCUT2D eigenvalue weighted by atomic mass is 9.77. The van der Waals surface area contributed by atoms with Crippen LogP contribution in [0.2, 0.25) is 0 Å². The highest BCUT2D eigenvalue weighted by atomic mass is 79.9. The van der Waals surface area contributed by atoms with Crippen molar-refractivity contribution in [3.05, 3.63) is 64.2 Å². The van der Waals surface area contributed by atoms with Crippen LogP contribution in [0, 0.1) is 0 Å². The highest BCUT2D eigenvalue weighted by molar-refractivity contribution is 9.12. The number of hydrogen-bond donors (Lipinski definition) is 0. The van der Waals surface area contributed by atoms with Gasteiger partial charge in [-0.15, -0.1) is 0 Å². The van der Waals surface area contributed by atoms with E-state index in [1.54, 1.807) is 18.0 Å². The molecule has 1 aliphatic heterocycles. The first-order valence-electron chi connectivity index (χ1n) is 6.64. The molecule has 1 aliphatic carbocycles. The molecule has 106 valence electrons. The Balaban J connectivity index is 2.29. The molecule has 3 nitrogen and oxygen atoms in total. The molecule has 2 aliphatic rings. The number of carbonyl (C=O) groups excluding carboxylic acids is 2. The molecule has 1 spiro atoms. The van der Waals surface area contributed by atoms with Crippen LogP contribution in [-0.2, 0) is 9.59 Å². The smallest absolute Gasteiger partial charge is 0.262 e. The van der Waals surface area contributed by atoms with Crippen LogP contribution in [0.5, 0.6) is 0 Å². The zero-order chi connectivity index (χ0) is 15.2. The van der Waals surface area contributed by atoms with Crippen LogP contribution in [0.15, 0.2) is 58.6 Å². The fourth-order valence-electron chi connectivity index (χ4n) is 3.06. The first-order valence-corrected chi connectivity index (χ1v) is 7.43. The summed E-state index contributed by atoms with van der Waals surface area (Å²) in [5, 5.41) is 0. The second kappa shape index (κ2) is 4.81. The molecular formula is C17H14BrNO2. The van der Waals surface area contributed by atoms with Gasteiger partial charge < -0.3 is 4.90 Å². The van der Waals surface area contributed by atoms with Crippen LogP contribution < -0.4 is 0 Å².